The monoisotopic (exact) mass is 268 g/mol. The number of halogens is 1. The number of aryl methyl sites for hydroxylation is 1. The van der Waals surface area contributed by atoms with Gasteiger partial charge in [0.05, 0.1) is 11.7 Å². The lowest BCUT2D eigenvalue weighted by atomic mass is 10.1. The molecule has 0 amide bonds. The van der Waals surface area contributed by atoms with Gasteiger partial charge in [0.25, 0.3) is 0 Å². The Hall–Kier alpha value is -0.500. The molecule has 1 aromatic heterocycles. The van der Waals surface area contributed by atoms with Gasteiger partial charge >= 0.3 is 0 Å². The summed E-state index contributed by atoms with van der Waals surface area (Å²) in [6.07, 6.45) is 13.2. The predicted molar refractivity (Wildman–Crippen MR) is 77.2 cm³/mol. The predicted octanol–water partition coefficient (Wildman–Crippen LogP) is 4.73. The first-order chi connectivity index (χ1) is 8.79. The van der Waals surface area contributed by atoms with E-state index in [0.29, 0.717) is 11.4 Å². The Balaban J connectivity index is 1.73. The number of nitrogens with zero attached hydrogens (tertiary/aromatic N) is 2. The molecule has 0 saturated heterocycles. The van der Waals surface area contributed by atoms with Crippen LogP contribution in [-0.4, -0.2) is 15.2 Å². The van der Waals surface area contributed by atoms with E-state index in [4.69, 9.17) is 16.7 Å². The Morgan fingerprint density at radius 1 is 1.39 bits per heavy atom. The van der Waals surface area contributed by atoms with Crippen LogP contribution in [0.5, 0.6) is 0 Å². The van der Waals surface area contributed by atoms with Crippen LogP contribution in [0, 0.1) is 0 Å². The van der Waals surface area contributed by atoms with E-state index in [9.17, 15) is 0 Å². The van der Waals surface area contributed by atoms with Crippen molar-refractivity contribution in [3.05, 3.63) is 18.0 Å². The first-order valence-corrected chi connectivity index (χ1v) is 7.91. The van der Waals surface area contributed by atoms with Crippen molar-refractivity contribution in [2.24, 2.45) is 0 Å². The second-order valence-electron chi connectivity index (χ2n) is 5.50. The van der Waals surface area contributed by atoms with Crippen LogP contribution in [0.4, 0.5) is 0 Å². The van der Waals surface area contributed by atoms with E-state index in [1.807, 2.05) is 0 Å². The maximum atomic E-state index is 6.23. The highest BCUT2D eigenvalue weighted by atomic mass is 35.5. The SMILES string of the molecule is CCCC(Cl)CCCc1ccn(C2CCCC2)n1. The van der Waals surface area contributed by atoms with Crippen LogP contribution in [-0.2, 0) is 6.42 Å². The summed E-state index contributed by atoms with van der Waals surface area (Å²) in [5, 5.41) is 5.06. The number of rotatable bonds is 7. The van der Waals surface area contributed by atoms with Crippen LogP contribution in [0.3, 0.4) is 0 Å². The molecule has 2 nitrogen and oxygen atoms in total. The van der Waals surface area contributed by atoms with Crippen LogP contribution >= 0.6 is 11.6 Å². The van der Waals surface area contributed by atoms with Gasteiger partial charge < -0.3 is 0 Å². The zero-order chi connectivity index (χ0) is 12.8. The van der Waals surface area contributed by atoms with E-state index in [0.717, 1.165) is 25.7 Å². The van der Waals surface area contributed by atoms with E-state index in [-0.39, 0.29) is 0 Å². The van der Waals surface area contributed by atoms with Crippen LogP contribution < -0.4 is 0 Å². The Labute approximate surface area is 116 Å². The summed E-state index contributed by atoms with van der Waals surface area (Å²) in [7, 11) is 0. The van der Waals surface area contributed by atoms with Crippen molar-refractivity contribution in [3.63, 3.8) is 0 Å². The number of alkyl halides is 1. The van der Waals surface area contributed by atoms with Gasteiger partial charge in [0, 0.05) is 11.6 Å². The maximum absolute atomic E-state index is 6.23. The minimum Gasteiger partial charge on any atom is -0.269 e. The van der Waals surface area contributed by atoms with Gasteiger partial charge in [-0.3, -0.25) is 4.68 Å². The summed E-state index contributed by atoms with van der Waals surface area (Å²) >= 11 is 6.23. The number of hydrogen-bond acceptors (Lipinski definition) is 1. The molecular formula is C15H25ClN2. The molecule has 0 spiro atoms. The van der Waals surface area contributed by atoms with Gasteiger partial charge in [-0.15, -0.1) is 11.6 Å². The topological polar surface area (TPSA) is 17.8 Å². The quantitative estimate of drug-likeness (QED) is 0.654. The molecule has 3 heteroatoms. The van der Waals surface area contributed by atoms with Crippen molar-refractivity contribution >= 4 is 11.6 Å². The molecule has 1 atom stereocenters. The molecule has 0 radical (unpaired) electrons. The van der Waals surface area contributed by atoms with E-state index >= 15 is 0 Å². The van der Waals surface area contributed by atoms with Crippen LogP contribution in [0.15, 0.2) is 12.3 Å². The lowest BCUT2D eigenvalue weighted by Gasteiger charge is -2.09. The Bertz CT molecular complexity index is 342. The summed E-state index contributed by atoms with van der Waals surface area (Å²) in [5.74, 6) is 0. The third-order valence-electron chi connectivity index (χ3n) is 3.91. The first-order valence-electron chi connectivity index (χ1n) is 7.47. The molecule has 1 fully saturated rings. The maximum Gasteiger partial charge on any atom is 0.0624 e. The van der Waals surface area contributed by atoms with Crippen LogP contribution in [0.2, 0.25) is 0 Å². The second-order valence-corrected chi connectivity index (χ2v) is 6.12. The van der Waals surface area contributed by atoms with Crippen molar-refractivity contribution in [2.75, 3.05) is 0 Å². The molecule has 18 heavy (non-hydrogen) atoms. The van der Waals surface area contributed by atoms with E-state index in [1.165, 1.54) is 37.8 Å². The molecule has 1 aromatic rings. The van der Waals surface area contributed by atoms with Crippen molar-refractivity contribution in [2.45, 2.75) is 76.1 Å². The highest BCUT2D eigenvalue weighted by Crippen LogP contribution is 2.28. The molecule has 0 aromatic carbocycles. The number of aromatic nitrogens is 2. The largest absolute Gasteiger partial charge is 0.269 e. The average Bonchev–Trinajstić information content (AvgIpc) is 2.99. The average molecular weight is 269 g/mol. The second kappa shape index (κ2) is 7.18. The fraction of sp³-hybridized carbons (Fsp3) is 0.800. The zero-order valence-electron chi connectivity index (χ0n) is 11.4. The molecule has 1 heterocycles. The fourth-order valence-electron chi connectivity index (χ4n) is 2.85. The van der Waals surface area contributed by atoms with Gasteiger partial charge in [0.1, 0.15) is 0 Å². The van der Waals surface area contributed by atoms with Crippen LogP contribution in [0.1, 0.15) is 70.0 Å². The van der Waals surface area contributed by atoms with Crippen molar-refractivity contribution in [1.82, 2.24) is 9.78 Å². The lowest BCUT2D eigenvalue weighted by molar-refractivity contribution is 0.462. The Kier molecular flexibility index (Phi) is 5.55. The summed E-state index contributed by atoms with van der Waals surface area (Å²) in [6.45, 7) is 2.19. The molecule has 2 rings (SSSR count). The molecule has 102 valence electrons. The lowest BCUT2D eigenvalue weighted by Crippen LogP contribution is -2.06. The van der Waals surface area contributed by atoms with Gasteiger partial charge in [0.2, 0.25) is 0 Å². The normalized spacial score (nSPS) is 18.3. The highest BCUT2D eigenvalue weighted by Gasteiger charge is 2.17. The minimum atomic E-state index is 0.354. The smallest absolute Gasteiger partial charge is 0.0624 e. The standard InChI is InChI=1S/C15H25ClN2/c1-2-6-13(16)7-5-8-14-11-12-18(17-14)15-9-3-4-10-15/h11-13,15H,2-10H2,1H3. The third-order valence-corrected chi connectivity index (χ3v) is 4.35. The summed E-state index contributed by atoms with van der Waals surface area (Å²) in [4.78, 5) is 0. The molecular weight excluding hydrogens is 244 g/mol. The molecule has 0 bridgehead atoms. The molecule has 1 aliphatic rings. The molecule has 1 unspecified atom stereocenters. The van der Waals surface area contributed by atoms with Gasteiger partial charge in [-0.1, -0.05) is 26.2 Å². The van der Waals surface area contributed by atoms with E-state index in [2.05, 4.69) is 23.9 Å². The van der Waals surface area contributed by atoms with Crippen molar-refractivity contribution in [3.8, 4) is 0 Å². The fourth-order valence-corrected chi connectivity index (χ4v) is 3.22. The number of hydrogen-bond donors (Lipinski definition) is 0. The molecule has 1 saturated carbocycles. The molecule has 0 aliphatic heterocycles. The van der Waals surface area contributed by atoms with Crippen molar-refractivity contribution < 1.29 is 0 Å². The summed E-state index contributed by atoms with van der Waals surface area (Å²) in [5.41, 5.74) is 1.24. The third kappa shape index (κ3) is 4.01. The molecule has 1 aliphatic carbocycles. The zero-order valence-corrected chi connectivity index (χ0v) is 12.2. The minimum absolute atomic E-state index is 0.354. The van der Waals surface area contributed by atoms with E-state index < -0.39 is 0 Å². The van der Waals surface area contributed by atoms with E-state index in [1.54, 1.807) is 0 Å². The first kappa shape index (κ1) is 13.9. The Morgan fingerprint density at radius 3 is 2.89 bits per heavy atom. The molecule has 0 N–H and O–H groups in total. The van der Waals surface area contributed by atoms with Gasteiger partial charge in [-0.05, 0) is 44.6 Å². The van der Waals surface area contributed by atoms with Gasteiger partial charge in [-0.2, -0.15) is 5.10 Å². The summed E-state index contributed by atoms with van der Waals surface area (Å²) < 4.78 is 2.19. The highest BCUT2D eigenvalue weighted by molar-refractivity contribution is 6.20. The van der Waals surface area contributed by atoms with Gasteiger partial charge in [0.15, 0.2) is 0 Å². The van der Waals surface area contributed by atoms with Crippen molar-refractivity contribution in [1.29, 1.82) is 0 Å². The Morgan fingerprint density at radius 2 is 2.17 bits per heavy atom. The van der Waals surface area contributed by atoms with Crippen LogP contribution in [0.25, 0.3) is 0 Å². The summed E-state index contributed by atoms with van der Waals surface area (Å²) in [6, 6.07) is 2.85. The van der Waals surface area contributed by atoms with Gasteiger partial charge in [-0.25, -0.2) is 0 Å².